The van der Waals surface area contributed by atoms with Gasteiger partial charge in [-0.3, -0.25) is 10.00 Å². The predicted molar refractivity (Wildman–Crippen MR) is 96.7 cm³/mol. The van der Waals surface area contributed by atoms with Crippen molar-refractivity contribution in [3.8, 4) is 5.75 Å². The topological polar surface area (TPSA) is 67.4 Å². The lowest BCUT2D eigenvalue weighted by Gasteiger charge is -2.12. The van der Waals surface area contributed by atoms with Crippen LogP contribution in [0.25, 0.3) is 23.1 Å². The number of hydrogen-bond acceptors (Lipinski definition) is 4. The number of aromatic nitrogens is 2. The van der Waals surface area contributed by atoms with Gasteiger partial charge in [-0.2, -0.15) is 5.10 Å². The molecule has 4 rings (SSSR count). The van der Waals surface area contributed by atoms with Crippen LogP contribution < -0.4 is 9.64 Å². The molecule has 6 nitrogen and oxygen atoms in total. The number of amides is 1. The van der Waals surface area contributed by atoms with E-state index >= 15 is 0 Å². The van der Waals surface area contributed by atoms with Gasteiger partial charge in [0.25, 0.3) is 0 Å². The van der Waals surface area contributed by atoms with Crippen molar-refractivity contribution < 1.29 is 14.3 Å². The molecule has 2 heterocycles. The average molecular weight is 335 g/mol. The first-order chi connectivity index (χ1) is 12.2. The Balaban J connectivity index is 1.64. The van der Waals surface area contributed by atoms with E-state index in [9.17, 15) is 4.79 Å². The Bertz CT molecular complexity index is 944. The first-order valence-corrected chi connectivity index (χ1v) is 7.99. The van der Waals surface area contributed by atoms with Crippen LogP contribution in [0.5, 0.6) is 5.75 Å². The molecular formula is C19H17N3O3. The van der Waals surface area contributed by atoms with E-state index in [4.69, 9.17) is 9.47 Å². The number of H-pyrrole nitrogens is 1. The van der Waals surface area contributed by atoms with Crippen LogP contribution in [-0.4, -0.2) is 36.6 Å². The number of cyclic esters (lactones) is 1. The molecule has 1 aliphatic rings. The molecule has 3 aromatic rings. The van der Waals surface area contributed by atoms with E-state index in [1.165, 1.54) is 0 Å². The largest absolute Gasteiger partial charge is 0.497 e. The highest BCUT2D eigenvalue weighted by atomic mass is 16.6. The van der Waals surface area contributed by atoms with Gasteiger partial charge in [-0.05, 0) is 42.0 Å². The van der Waals surface area contributed by atoms with Gasteiger partial charge in [0, 0.05) is 11.1 Å². The number of carbonyl (C=O) groups excluding carboxylic acids is 1. The zero-order chi connectivity index (χ0) is 17.2. The minimum atomic E-state index is -0.307. The summed E-state index contributed by atoms with van der Waals surface area (Å²) in [6.07, 6.45) is 3.64. The predicted octanol–water partition coefficient (Wildman–Crippen LogP) is 3.70. The normalized spacial score (nSPS) is 14.4. The molecule has 6 heteroatoms. The molecule has 1 aromatic heterocycles. The van der Waals surface area contributed by atoms with Crippen LogP contribution in [0.15, 0.2) is 42.5 Å². The van der Waals surface area contributed by atoms with Crippen molar-refractivity contribution >= 4 is 34.8 Å². The van der Waals surface area contributed by atoms with Crippen LogP contribution in [0.2, 0.25) is 0 Å². The Morgan fingerprint density at radius 3 is 2.76 bits per heavy atom. The zero-order valence-electron chi connectivity index (χ0n) is 13.7. The number of methoxy groups -OCH3 is 1. The fraction of sp³-hybridized carbons (Fsp3) is 0.158. The molecule has 25 heavy (non-hydrogen) atoms. The Morgan fingerprint density at radius 1 is 1.20 bits per heavy atom. The Kier molecular flexibility index (Phi) is 3.85. The third-order valence-electron chi connectivity index (χ3n) is 4.20. The van der Waals surface area contributed by atoms with Gasteiger partial charge in [-0.25, -0.2) is 4.79 Å². The molecule has 0 atom stereocenters. The van der Waals surface area contributed by atoms with Crippen LogP contribution in [0.3, 0.4) is 0 Å². The molecule has 1 fully saturated rings. The van der Waals surface area contributed by atoms with Crippen LogP contribution in [0.1, 0.15) is 11.3 Å². The molecule has 1 N–H and O–H groups in total. The molecule has 126 valence electrons. The standard InChI is InChI=1S/C19H17N3O3/c1-24-15-6-2-13(3-7-15)4-8-17-16-12-14(5-9-18(16)21-20-17)22-10-11-25-19(22)23/h2-9,12H,10-11H2,1H3,(H,20,21)/b8-4+. The maximum absolute atomic E-state index is 11.8. The Labute approximate surface area is 144 Å². The summed E-state index contributed by atoms with van der Waals surface area (Å²) in [6, 6.07) is 13.6. The summed E-state index contributed by atoms with van der Waals surface area (Å²) in [7, 11) is 1.65. The highest BCUT2D eigenvalue weighted by Gasteiger charge is 2.23. The fourth-order valence-corrected chi connectivity index (χ4v) is 2.84. The highest BCUT2D eigenvalue weighted by molar-refractivity contribution is 5.96. The minimum absolute atomic E-state index is 0.307. The number of nitrogens with zero attached hydrogens (tertiary/aromatic N) is 2. The summed E-state index contributed by atoms with van der Waals surface area (Å²) in [5.41, 5.74) is 3.61. The van der Waals surface area contributed by atoms with Crippen LogP contribution in [0.4, 0.5) is 10.5 Å². The average Bonchev–Trinajstić information content (AvgIpc) is 3.26. The number of benzene rings is 2. The number of carbonyl (C=O) groups is 1. The van der Waals surface area contributed by atoms with E-state index < -0.39 is 0 Å². The van der Waals surface area contributed by atoms with Crippen molar-refractivity contribution in [2.45, 2.75) is 0 Å². The monoisotopic (exact) mass is 335 g/mol. The number of fused-ring (bicyclic) bond motifs is 1. The molecule has 1 saturated heterocycles. The van der Waals surface area contributed by atoms with Crippen molar-refractivity contribution in [3.63, 3.8) is 0 Å². The van der Waals surface area contributed by atoms with Gasteiger partial charge >= 0.3 is 6.09 Å². The summed E-state index contributed by atoms with van der Waals surface area (Å²) in [6.45, 7) is 0.992. The fourth-order valence-electron chi connectivity index (χ4n) is 2.84. The summed E-state index contributed by atoms with van der Waals surface area (Å²) >= 11 is 0. The molecular weight excluding hydrogens is 318 g/mol. The lowest BCUT2D eigenvalue weighted by atomic mass is 10.1. The molecule has 0 spiro atoms. The maximum Gasteiger partial charge on any atom is 0.414 e. The second-order valence-electron chi connectivity index (χ2n) is 5.71. The molecule has 0 bridgehead atoms. The molecule has 2 aromatic carbocycles. The van der Waals surface area contributed by atoms with Crippen molar-refractivity contribution in [2.24, 2.45) is 0 Å². The molecule has 1 aliphatic heterocycles. The van der Waals surface area contributed by atoms with Crippen molar-refractivity contribution in [2.75, 3.05) is 25.2 Å². The first-order valence-electron chi connectivity index (χ1n) is 7.99. The van der Waals surface area contributed by atoms with E-state index in [0.29, 0.717) is 13.2 Å². The van der Waals surface area contributed by atoms with Crippen molar-refractivity contribution in [1.82, 2.24) is 10.2 Å². The van der Waals surface area contributed by atoms with E-state index in [0.717, 1.165) is 33.6 Å². The van der Waals surface area contributed by atoms with Crippen LogP contribution in [-0.2, 0) is 4.74 Å². The molecule has 0 saturated carbocycles. The maximum atomic E-state index is 11.8. The minimum Gasteiger partial charge on any atom is -0.497 e. The highest BCUT2D eigenvalue weighted by Crippen LogP contribution is 2.26. The molecule has 1 amide bonds. The quantitative estimate of drug-likeness (QED) is 0.789. The molecule has 0 unspecified atom stereocenters. The number of nitrogens with one attached hydrogen (secondary N) is 1. The first kappa shape index (κ1) is 15.3. The van der Waals surface area contributed by atoms with Gasteiger partial charge in [0.15, 0.2) is 0 Å². The van der Waals surface area contributed by atoms with E-state index in [1.807, 2.05) is 54.6 Å². The zero-order valence-corrected chi connectivity index (χ0v) is 13.7. The third-order valence-corrected chi connectivity index (χ3v) is 4.20. The summed E-state index contributed by atoms with van der Waals surface area (Å²) in [5, 5.41) is 8.34. The smallest absolute Gasteiger partial charge is 0.414 e. The Hall–Kier alpha value is -3.28. The van der Waals surface area contributed by atoms with Gasteiger partial charge in [-0.1, -0.05) is 18.2 Å². The second kappa shape index (κ2) is 6.32. The van der Waals surface area contributed by atoms with Crippen LogP contribution >= 0.6 is 0 Å². The number of hydrogen-bond donors (Lipinski definition) is 1. The van der Waals surface area contributed by atoms with Gasteiger partial charge < -0.3 is 9.47 Å². The summed E-state index contributed by atoms with van der Waals surface area (Å²) in [5.74, 6) is 0.824. The number of anilines is 1. The molecule has 0 radical (unpaired) electrons. The van der Waals surface area contributed by atoms with E-state index in [-0.39, 0.29) is 6.09 Å². The second-order valence-corrected chi connectivity index (χ2v) is 5.71. The summed E-state index contributed by atoms with van der Waals surface area (Å²) < 4.78 is 10.2. The van der Waals surface area contributed by atoms with Gasteiger partial charge in [0.2, 0.25) is 0 Å². The molecule has 0 aliphatic carbocycles. The van der Waals surface area contributed by atoms with Gasteiger partial charge in [0.1, 0.15) is 12.4 Å². The van der Waals surface area contributed by atoms with Gasteiger partial charge in [-0.15, -0.1) is 0 Å². The van der Waals surface area contributed by atoms with Crippen molar-refractivity contribution in [1.29, 1.82) is 0 Å². The number of rotatable bonds is 4. The SMILES string of the molecule is COc1ccc(/C=C/c2n[nH]c3ccc(N4CCOC4=O)cc23)cc1. The lowest BCUT2D eigenvalue weighted by molar-refractivity contribution is 0.181. The number of aromatic amines is 1. The van der Waals surface area contributed by atoms with Crippen LogP contribution in [0, 0.1) is 0 Å². The van der Waals surface area contributed by atoms with Crippen molar-refractivity contribution in [3.05, 3.63) is 53.7 Å². The van der Waals surface area contributed by atoms with Gasteiger partial charge in [0.05, 0.1) is 24.9 Å². The van der Waals surface area contributed by atoms with E-state index in [2.05, 4.69) is 10.2 Å². The summed E-state index contributed by atoms with van der Waals surface area (Å²) in [4.78, 5) is 13.4. The Morgan fingerprint density at radius 2 is 2.04 bits per heavy atom. The lowest BCUT2D eigenvalue weighted by Crippen LogP contribution is -2.23. The third kappa shape index (κ3) is 2.94. The van der Waals surface area contributed by atoms with E-state index in [1.54, 1.807) is 12.0 Å². The number of ether oxygens (including phenoxy) is 2.